The molecule has 21 heavy (non-hydrogen) atoms. The average molecular weight is 437 g/mol. The van der Waals surface area contributed by atoms with Gasteiger partial charge in [-0.3, -0.25) is 0 Å². The van der Waals surface area contributed by atoms with Crippen molar-refractivity contribution in [2.45, 2.75) is 19.2 Å². The summed E-state index contributed by atoms with van der Waals surface area (Å²) < 4.78 is 21.2. The van der Waals surface area contributed by atoms with E-state index >= 15 is 0 Å². The Kier molecular flexibility index (Phi) is 5.33. The van der Waals surface area contributed by atoms with E-state index in [0.717, 1.165) is 21.2 Å². The molecule has 0 heterocycles. The van der Waals surface area contributed by atoms with Crippen molar-refractivity contribution in [2.75, 3.05) is 7.11 Å². The Balaban J connectivity index is 2.71. The maximum absolute atomic E-state index is 14.2. The summed E-state index contributed by atoms with van der Waals surface area (Å²) in [5.74, 6) is 0.342. The van der Waals surface area contributed by atoms with Crippen LogP contribution in [-0.4, -0.2) is 7.11 Å². The van der Waals surface area contributed by atoms with Gasteiger partial charge < -0.3 is 4.74 Å². The lowest BCUT2D eigenvalue weighted by molar-refractivity contribution is 0.406. The van der Waals surface area contributed by atoms with Crippen LogP contribution in [0.4, 0.5) is 4.39 Å². The first-order valence-corrected chi connectivity index (χ1v) is 8.32. The van der Waals surface area contributed by atoms with Crippen LogP contribution in [0.15, 0.2) is 33.2 Å². The Bertz CT molecular complexity index is 668. The monoisotopic (exact) mass is 434 g/mol. The molecule has 0 bridgehead atoms. The molecule has 0 radical (unpaired) electrons. The third-order valence-electron chi connectivity index (χ3n) is 3.42. The number of hydrogen-bond donors (Lipinski definition) is 0. The van der Waals surface area contributed by atoms with Crippen LogP contribution in [0.1, 0.15) is 27.6 Å². The molecular formula is C16H14Br2ClFO. The summed E-state index contributed by atoms with van der Waals surface area (Å²) in [5.41, 5.74) is 3.07. The standard InChI is InChI=1S/C16H14Br2ClFO/c1-8-7-11(18)9(2)13(16(8)21-3)15(19)14-10(17)5-4-6-12(14)20/h4-7,15H,1-3H3. The van der Waals surface area contributed by atoms with Crippen LogP contribution in [0.25, 0.3) is 0 Å². The van der Waals surface area contributed by atoms with E-state index < -0.39 is 5.38 Å². The van der Waals surface area contributed by atoms with E-state index in [-0.39, 0.29) is 5.82 Å². The molecule has 2 aromatic rings. The second-order valence-corrected chi connectivity index (χ2v) is 6.89. The highest BCUT2D eigenvalue weighted by Crippen LogP contribution is 2.44. The molecule has 5 heteroatoms. The van der Waals surface area contributed by atoms with E-state index in [4.69, 9.17) is 16.3 Å². The van der Waals surface area contributed by atoms with Gasteiger partial charge in [0.1, 0.15) is 11.6 Å². The van der Waals surface area contributed by atoms with Crippen molar-refractivity contribution >= 4 is 43.5 Å². The highest BCUT2D eigenvalue weighted by molar-refractivity contribution is 9.10. The second kappa shape index (κ2) is 6.67. The van der Waals surface area contributed by atoms with Crippen molar-refractivity contribution in [3.05, 3.63) is 61.3 Å². The lowest BCUT2D eigenvalue weighted by atomic mass is 9.96. The molecule has 1 nitrogen and oxygen atoms in total. The fourth-order valence-electron chi connectivity index (χ4n) is 2.35. The molecule has 0 aliphatic carbocycles. The lowest BCUT2D eigenvalue weighted by Gasteiger charge is -2.21. The van der Waals surface area contributed by atoms with Crippen molar-refractivity contribution in [1.82, 2.24) is 0 Å². The topological polar surface area (TPSA) is 9.23 Å². The number of halogens is 4. The van der Waals surface area contributed by atoms with Gasteiger partial charge in [-0.15, -0.1) is 11.6 Å². The zero-order chi connectivity index (χ0) is 15.7. The van der Waals surface area contributed by atoms with Crippen LogP contribution in [-0.2, 0) is 0 Å². The SMILES string of the molecule is COc1c(C)cc(Br)c(C)c1C(Cl)c1c(F)cccc1Br. The molecule has 1 unspecified atom stereocenters. The van der Waals surface area contributed by atoms with Gasteiger partial charge in [-0.05, 0) is 43.2 Å². The van der Waals surface area contributed by atoms with E-state index in [9.17, 15) is 4.39 Å². The van der Waals surface area contributed by atoms with E-state index in [1.54, 1.807) is 19.2 Å². The molecule has 0 amide bonds. The highest BCUT2D eigenvalue weighted by Gasteiger charge is 2.25. The van der Waals surface area contributed by atoms with Crippen molar-refractivity contribution in [2.24, 2.45) is 0 Å². The van der Waals surface area contributed by atoms with Crippen molar-refractivity contribution in [3.8, 4) is 5.75 Å². The number of alkyl halides is 1. The van der Waals surface area contributed by atoms with E-state index in [2.05, 4.69) is 31.9 Å². The molecule has 112 valence electrons. The molecule has 0 aromatic heterocycles. The first kappa shape index (κ1) is 16.8. The van der Waals surface area contributed by atoms with Crippen molar-refractivity contribution in [1.29, 1.82) is 0 Å². The van der Waals surface area contributed by atoms with E-state index in [0.29, 0.717) is 15.8 Å². The van der Waals surface area contributed by atoms with Crippen LogP contribution in [0.2, 0.25) is 0 Å². The van der Waals surface area contributed by atoms with Gasteiger partial charge in [0, 0.05) is 20.1 Å². The third kappa shape index (κ3) is 3.13. The number of rotatable bonds is 3. The van der Waals surface area contributed by atoms with E-state index in [1.165, 1.54) is 6.07 Å². The predicted molar refractivity (Wildman–Crippen MR) is 92.0 cm³/mol. The first-order chi connectivity index (χ1) is 9.88. The Hall–Kier alpha value is -0.580. The van der Waals surface area contributed by atoms with Gasteiger partial charge >= 0.3 is 0 Å². The number of hydrogen-bond acceptors (Lipinski definition) is 1. The summed E-state index contributed by atoms with van der Waals surface area (Å²) >= 11 is 13.5. The molecular weight excluding hydrogens is 422 g/mol. The molecule has 0 saturated carbocycles. The van der Waals surface area contributed by atoms with Gasteiger partial charge in [-0.2, -0.15) is 0 Å². The fraction of sp³-hybridized carbons (Fsp3) is 0.250. The smallest absolute Gasteiger partial charge is 0.129 e. The van der Waals surface area contributed by atoms with Crippen LogP contribution >= 0.6 is 43.5 Å². The number of benzene rings is 2. The molecule has 0 aliphatic heterocycles. The molecule has 2 rings (SSSR count). The van der Waals surface area contributed by atoms with Gasteiger partial charge in [0.2, 0.25) is 0 Å². The van der Waals surface area contributed by atoms with Gasteiger partial charge in [0.05, 0.1) is 12.5 Å². The Labute approximate surface area is 145 Å². The van der Waals surface area contributed by atoms with Crippen molar-refractivity contribution < 1.29 is 9.13 Å². The third-order valence-corrected chi connectivity index (χ3v) is 5.37. The largest absolute Gasteiger partial charge is 0.496 e. The van der Waals surface area contributed by atoms with Crippen LogP contribution in [0.5, 0.6) is 5.75 Å². The minimum Gasteiger partial charge on any atom is -0.496 e. The summed E-state index contributed by atoms with van der Waals surface area (Å²) in [7, 11) is 1.60. The molecule has 0 saturated heterocycles. The zero-order valence-electron chi connectivity index (χ0n) is 11.8. The van der Waals surface area contributed by atoms with Gasteiger partial charge in [0.25, 0.3) is 0 Å². The van der Waals surface area contributed by atoms with E-state index in [1.807, 2.05) is 19.9 Å². The van der Waals surface area contributed by atoms with Crippen LogP contribution < -0.4 is 4.74 Å². The maximum atomic E-state index is 14.2. The Morgan fingerprint density at radius 1 is 1.14 bits per heavy atom. The molecule has 1 atom stereocenters. The number of aryl methyl sites for hydroxylation is 1. The van der Waals surface area contributed by atoms with Crippen LogP contribution in [0, 0.1) is 19.7 Å². The minimum absolute atomic E-state index is 0.344. The average Bonchev–Trinajstić information content (AvgIpc) is 2.42. The van der Waals surface area contributed by atoms with Gasteiger partial charge in [0.15, 0.2) is 0 Å². The van der Waals surface area contributed by atoms with Gasteiger partial charge in [-0.1, -0.05) is 37.9 Å². The number of methoxy groups -OCH3 is 1. The highest BCUT2D eigenvalue weighted by atomic mass is 79.9. The summed E-state index contributed by atoms with van der Waals surface area (Å²) in [6.07, 6.45) is 0. The molecule has 0 fully saturated rings. The predicted octanol–water partition coefficient (Wildman–Crippen LogP) is 6.30. The van der Waals surface area contributed by atoms with Crippen molar-refractivity contribution in [3.63, 3.8) is 0 Å². The molecule has 0 spiro atoms. The summed E-state index contributed by atoms with van der Waals surface area (Å²) in [4.78, 5) is 0. The quantitative estimate of drug-likeness (QED) is 0.513. The van der Waals surface area contributed by atoms with Crippen LogP contribution in [0.3, 0.4) is 0 Å². The Morgan fingerprint density at radius 2 is 1.81 bits per heavy atom. The second-order valence-electron chi connectivity index (χ2n) is 4.75. The summed E-state index contributed by atoms with van der Waals surface area (Å²) in [5, 5.41) is -0.647. The molecule has 2 aromatic carbocycles. The first-order valence-electron chi connectivity index (χ1n) is 6.30. The summed E-state index contributed by atoms with van der Waals surface area (Å²) in [6, 6.07) is 6.79. The zero-order valence-corrected chi connectivity index (χ0v) is 15.7. The molecule has 0 N–H and O–H groups in total. The normalized spacial score (nSPS) is 12.3. The minimum atomic E-state index is -0.647. The lowest BCUT2D eigenvalue weighted by Crippen LogP contribution is -2.05. The van der Waals surface area contributed by atoms with Gasteiger partial charge in [-0.25, -0.2) is 4.39 Å². The summed E-state index contributed by atoms with van der Waals surface area (Å²) in [6.45, 7) is 3.87. The molecule has 0 aliphatic rings. The fourth-order valence-corrected chi connectivity index (χ4v) is 4.09. The maximum Gasteiger partial charge on any atom is 0.129 e. The number of ether oxygens (including phenoxy) is 1. The Morgan fingerprint density at radius 3 is 2.38 bits per heavy atom.